The van der Waals surface area contributed by atoms with Crippen LogP contribution in [0.3, 0.4) is 0 Å². The Morgan fingerprint density at radius 2 is 1.83 bits per heavy atom. The average Bonchev–Trinajstić information content (AvgIpc) is 2.78. The Morgan fingerprint density at radius 3 is 2.49 bits per heavy atom. The Balaban J connectivity index is 1.76. The number of anilines is 1. The number of piperidine rings is 1. The lowest BCUT2D eigenvalue weighted by Gasteiger charge is -2.39. The third kappa shape index (κ3) is 4.74. The quantitative estimate of drug-likeness (QED) is 0.511. The van der Waals surface area contributed by atoms with Crippen LogP contribution < -0.4 is 10.9 Å². The normalized spacial score (nSPS) is 19.3. The number of halogens is 3. The van der Waals surface area contributed by atoms with E-state index in [1.807, 2.05) is 13.8 Å². The van der Waals surface area contributed by atoms with Crippen LogP contribution in [0.1, 0.15) is 79.8 Å². The number of benzene rings is 1. The zero-order valence-corrected chi connectivity index (χ0v) is 20.0. The number of rotatable bonds is 5. The Kier molecular flexibility index (Phi) is 6.82. The lowest BCUT2D eigenvalue weighted by molar-refractivity contribution is 0.0509. The first-order valence-corrected chi connectivity index (χ1v) is 11.7. The van der Waals surface area contributed by atoms with Crippen LogP contribution in [0.15, 0.2) is 29.1 Å². The molecule has 0 spiro atoms. The van der Waals surface area contributed by atoms with Gasteiger partial charge >= 0.3 is 0 Å². The molecule has 2 unspecified atom stereocenters. The fraction of sp³-hybridized carbons (Fsp3) is 0.440. The van der Waals surface area contributed by atoms with Gasteiger partial charge < -0.3 is 15.2 Å². The number of hydrogen-bond acceptors (Lipinski definition) is 5. The number of pyridine rings is 1. The summed E-state index contributed by atoms with van der Waals surface area (Å²) in [6, 6.07) is 4.55. The summed E-state index contributed by atoms with van der Waals surface area (Å²) in [6.45, 7) is 7.17. The van der Waals surface area contributed by atoms with Crippen LogP contribution in [0.4, 0.5) is 19.0 Å². The molecule has 4 rings (SSSR count). The number of likely N-dealkylation sites (tertiary alicyclic amines) is 1. The van der Waals surface area contributed by atoms with Crippen molar-refractivity contribution < 1.29 is 18.0 Å². The molecule has 0 aliphatic carbocycles. The van der Waals surface area contributed by atoms with E-state index in [2.05, 4.69) is 20.3 Å². The van der Waals surface area contributed by atoms with Crippen molar-refractivity contribution >= 4 is 22.8 Å². The molecule has 1 amide bonds. The lowest BCUT2D eigenvalue weighted by atomic mass is 9.96. The van der Waals surface area contributed by atoms with E-state index in [9.17, 15) is 22.8 Å². The number of fused-ring (bicyclic) bond motifs is 1. The Morgan fingerprint density at radius 1 is 1.17 bits per heavy atom. The van der Waals surface area contributed by atoms with Gasteiger partial charge in [0.05, 0.1) is 17.0 Å². The number of aryl methyl sites for hydroxylation is 1. The van der Waals surface area contributed by atoms with E-state index in [0.29, 0.717) is 11.2 Å². The minimum atomic E-state index is -2.94. The average molecular weight is 488 g/mol. The lowest BCUT2D eigenvalue weighted by Crippen LogP contribution is -2.48. The van der Waals surface area contributed by atoms with Gasteiger partial charge in [-0.25, -0.2) is 23.1 Å². The van der Waals surface area contributed by atoms with Crippen LogP contribution in [0.5, 0.6) is 0 Å². The SMILES string of the molecule is Cc1nc(N[C@H](C)c2cccc(C(F)F)c2F)c2cc(C(=O)N3C(C)CCCC3C)c(=O)[nH]c2n1. The second-order valence-corrected chi connectivity index (χ2v) is 9.15. The number of amides is 1. The van der Waals surface area contributed by atoms with Gasteiger partial charge in [0.1, 0.15) is 28.7 Å². The van der Waals surface area contributed by atoms with E-state index in [4.69, 9.17) is 0 Å². The molecule has 10 heteroatoms. The third-order valence-corrected chi connectivity index (χ3v) is 6.59. The molecule has 1 fully saturated rings. The molecule has 1 aliphatic rings. The molecule has 0 radical (unpaired) electrons. The fourth-order valence-corrected chi connectivity index (χ4v) is 4.78. The molecule has 35 heavy (non-hydrogen) atoms. The minimum absolute atomic E-state index is 0.00156. The highest BCUT2D eigenvalue weighted by Gasteiger charge is 2.31. The zero-order chi connectivity index (χ0) is 25.4. The van der Waals surface area contributed by atoms with Gasteiger partial charge in [-0.15, -0.1) is 0 Å². The van der Waals surface area contributed by atoms with Crippen LogP contribution in [-0.4, -0.2) is 37.8 Å². The van der Waals surface area contributed by atoms with Crippen molar-refractivity contribution in [3.63, 3.8) is 0 Å². The van der Waals surface area contributed by atoms with Gasteiger partial charge in [0.15, 0.2) is 0 Å². The number of carbonyl (C=O) groups excluding carboxylic acids is 1. The predicted octanol–water partition coefficient (Wildman–Crippen LogP) is 5.28. The second-order valence-electron chi connectivity index (χ2n) is 9.15. The number of aromatic nitrogens is 3. The van der Waals surface area contributed by atoms with Gasteiger partial charge in [0.2, 0.25) is 0 Å². The third-order valence-electron chi connectivity index (χ3n) is 6.59. The van der Waals surface area contributed by atoms with E-state index in [-0.39, 0.29) is 40.6 Å². The van der Waals surface area contributed by atoms with Gasteiger partial charge in [-0.05, 0) is 53.0 Å². The first-order chi connectivity index (χ1) is 16.6. The number of H-pyrrole nitrogens is 1. The number of hydrogen-bond donors (Lipinski definition) is 2. The van der Waals surface area contributed by atoms with Crippen molar-refractivity contribution in [3.8, 4) is 0 Å². The Bertz CT molecular complexity index is 1320. The zero-order valence-electron chi connectivity index (χ0n) is 20.0. The molecule has 0 saturated carbocycles. The molecule has 2 N–H and O–H groups in total. The van der Waals surface area contributed by atoms with Crippen molar-refractivity contribution in [2.75, 3.05) is 5.32 Å². The minimum Gasteiger partial charge on any atom is -0.363 e. The van der Waals surface area contributed by atoms with Crippen molar-refractivity contribution in [3.05, 3.63) is 63.0 Å². The summed E-state index contributed by atoms with van der Waals surface area (Å²) in [4.78, 5) is 39.3. The molecule has 0 bridgehead atoms. The van der Waals surface area contributed by atoms with Crippen molar-refractivity contribution in [1.29, 1.82) is 0 Å². The summed E-state index contributed by atoms with van der Waals surface area (Å²) in [5.41, 5.74) is -1.01. The summed E-state index contributed by atoms with van der Waals surface area (Å²) in [5, 5.41) is 3.42. The highest BCUT2D eigenvalue weighted by atomic mass is 19.3. The molecule has 3 aromatic rings. The van der Waals surface area contributed by atoms with Crippen molar-refractivity contribution in [2.45, 2.75) is 71.5 Å². The van der Waals surface area contributed by atoms with Crippen molar-refractivity contribution in [2.24, 2.45) is 0 Å². The predicted molar refractivity (Wildman–Crippen MR) is 127 cm³/mol. The van der Waals surface area contributed by atoms with Gasteiger partial charge in [-0.2, -0.15) is 0 Å². The smallest absolute Gasteiger partial charge is 0.266 e. The standard InChI is InChI=1S/C25H28F3N5O2/c1-12-7-5-8-13(2)33(12)25(35)19-11-18-22(30-15(4)31-23(18)32-24(19)34)29-14(3)16-9-6-10-17(20(16)26)21(27)28/h6,9-14,21H,5,7-8H2,1-4H3,(H2,29,30,31,32,34)/t12?,13?,14-/m1/s1. The molecule has 2 aromatic heterocycles. The Labute approximate surface area is 200 Å². The number of aromatic amines is 1. The summed E-state index contributed by atoms with van der Waals surface area (Å²) in [6.07, 6.45) is -0.209. The van der Waals surface area contributed by atoms with Gasteiger partial charge in [0.25, 0.3) is 17.9 Å². The number of nitrogens with one attached hydrogen (secondary N) is 2. The summed E-state index contributed by atoms with van der Waals surface area (Å²) in [5.74, 6) is -0.771. The second kappa shape index (κ2) is 9.67. The highest BCUT2D eigenvalue weighted by molar-refractivity contribution is 5.99. The molecule has 186 valence electrons. The molecule has 1 aromatic carbocycles. The maximum atomic E-state index is 14.7. The highest BCUT2D eigenvalue weighted by Crippen LogP contribution is 2.30. The van der Waals surface area contributed by atoms with Crippen molar-refractivity contribution in [1.82, 2.24) is 19.9 Å². The monoisotopic (exact) mass is 487 g/mol. The molecule has 3 heterocycles. The van der Waals surface area contributed by atoms with E-state index >= 15 is 0 Å². The van der Waals surface area contributed by atoms with E-state index in [1.165, 1.54) is 18.2 Å². The summed E-state index contributed by atoms with van der Waals surface area (Å²) in [7, 11) is 0. The molecule has 1 aliphatic heterocycles. The van der Waals surface area contributed by atoms with E-state index in [0.717, 1.165) is 25.3 Å². The van der Waals surface area contributed by atoms with Gasteiger partial charge in [-0.1, -0.05) is 18.2 Å². The fourth-order valence-electron chi connectivity index (χ4n) is 4.78. The maximum Gasteiger partial charge on any atom is 0.266 e. The Hall–Kier alpha value is -3.43. The molecular formula is C25H28F3N5O2. The molecule has 1 saturated heterocycles. The van der Waals surface area contributed by atoms with Crippen LogP contribution in [0.25, 0.3) is 11.0 Å². The maximum absolute atomic E-state index is 14.7. The number of alkyl halides is 2. The summed E-state index contributed by atoms with van der Waals surface area (Å²) < 4.78 is 41.1. The van der Waals surface area contributed by atoms with Gasteiger partial charge in [0, 0.05) is 17.6 Å². The molecule has 3 atom stereocenters. The molecular weight excluding hydrogens is 459 g/mol. The summed E-state index contributed by atoms with van der Waals surface area (Å²) >= 11 is 0. The largest absolute Gasteiger partial charge is 0.363 e. The molecule has 7 nitrogen and oxygen atoms in total. The van der Waals surface area contributed by atoms with Gasteiger partial charge in [-0.3, -0.25) is 9.59 Å². The number of carbonyl (C=O) groups is 1. The van der Waals surface area contributed by atoms with Crippen LogP contribution in [-0.2, 0) is 0 Å². The van der Waals surface area contributed by atoms with E-state index < -0.39 is 29.4 Å². The van der Waals surface area contributed by atoms with Crippen LogP contribution >= 0.6 is 0 Å². The van der Waals surface area contributed by atoms with Crippen LogP contribution in [0.2, 0.25) is 0 Å². The topological polar surface area (TPSA) is 91.0 Å². The first-order valence-electron chi connectivity index (χ1n) is 11.7. The van der Waals surface area contributed by atoms with E-state index in [1.54, 1.807) is 18.7 Å². The first kappa shape index (κ1) is 24.7. The van der Waals surface area contributed by atoms with Crippen LogP contribution in [0, 0.1) is 12.7 Å². The number of nitrogens with zero attached hydrogens (tertiary/aromatic N) is 3.